The lowest BCUT2D eigenvalue weighted by Crippen LogP contribution is -2.57. The molecule has 0 radical (unpaired) electrons. The molecule has 2 N–H and O–H groups in total. The highest BCUT2D eigenvalue weighted by Gasteiger charge is 2.61. The van der Waals surface area contributed by atoms with Crippen LogP contribution in [-0.2, 0) is 23.9 Å². The molecule has 0 saturated carbocycles. The maximum atomic E-state index is 12.8. The van der Waals surface area contributed by atoms with Gasteiger partial charge in [0.25, 0.3) is 0 Å². The van der Waals surface area contributed by atoms with Crippen molar-refractivity contribution in [3.63, 3.8) is 0 Å². The van der Waals surface area contributed by atoms with E-state index in [1.54, 1.807) is 0 Å². The van der Waals surface area contributed by atoms with E-state index in [0.29, 0.717) is 0 Å². The van der Waals surface area contributed by atoms with Crippen molar-refractivity contribution in [1.82, 2.24) is 0 Å². The standard InChI is InChI=1S/C16H12O8/c1-7-6-23-14(20)11-12(18)10-8(17)4-3-5-9(10)24-16(11,13(7)19)15(21)22-2/h3-6,17-18H,1-2H3/t16-/m1/s1. The number of cyclic esters (lactones) is 1. The van der Waals surface area contributed by atoms with Crippen LogP contribution in [0.5, 0.6) is 11.5 Å². The van der Waals surface area contributed by atoms with Gasteiger partial charge >= 0.3 is 17.5 Å². The molecule has 0 aliphatic carbocycles. The summed E-state index contributed by atoms with van der Waals surface area (Å²) in [6.07, 6.45) is 0.863. The summed E-state index contributed by atoms with van der Waals surface area (Å²) in [6.45, 7) is 1.32. The second kappa shape index (κ2) is 5.12. The summed E-state index contributed by atoms with van der Waals surface area (Å²) >= 11 is 0. The Morgan fingerprint density at radius 3 is 2.62 bits per heavy atom. The van der Waals surface area contributed by atoms with Crippen LogP contribution in [-0.4, -0.2) is 40.6 Å². The Labute approximate surface area is 135 Å². The Bertz CT molecular complexity index is 848. The molecule has 0 saturated heterocycles. The number of Topliss-reactive ketones (excluding diaryl/α,β-unsaturated/α-hetero) is 1. The number of carbonyl (C=O) groups excluding carboxylic acids is 3. The predicted molar refractivity (Wildman–Crippen MR) is 77.9 cm³/mol. The molecule has 8 heteroatoms. The third kappa shape index (κ3) is 1.82. The number of carbonyl (C=O) groups is 3. The number of hydrogen-bond acceptors (Lipinski definition) is 8. The molecule has 2 heterocycles. The zero-order chi connectivity index (χ0) is 17.6. The second-order valence-electron chi connectivity index (χ2n) is 5.18. The molecule has 1 aromatic carbocycles. The molecule has 0 fully saturated rings. The van der Waals surface area contributed by atoms with Gasteiger partial charge in [0.2, 0.25) is 5.78 Å². The number of ether oxygens (including phenoxy) is 3. The average Bonchev–Trinajstić information content (AvgIpc) is 2.65. The molecule has 24 heavy (non-hydrogen) atoms. The minimum Gasteiger partial charge on any atom is -0.507 e. The summed E-state index contributed by atoms with van der Waals surface area (Å²) in [5.41, 5.74) is -3.61. The van der Waals surface area contributed by atoms with E-state index in [1.165, 1.54) is 25.1 Å². The molecule has 2 aliphatic heterocycles. The quantitative estimate of drug-likeness (QED) is 0.577. The van der Waals surface area contributed by atoms with Gasteiger partial charge in [-0.25, -0.2) is 9.59 Å². The second-order valence-corrected chi connectivity index (χ2v) is 5.18. The smallest absolute Gasteiger partial charge is 0.363 e. The van der Waals surface area contributed by atoms with Crippen LogP contribution in [0.25, 0.3) is 5.76 Å². The van der Waals surface area contributed by atoms with Crippen molar-refractivity contribution in [2.24, 2.45) is 0 Å². The number of phenols is 1. The van der Waals surface area contributed by atoms with E-state index < -0.39 is 40.4 Å². The van der Waals surface area contributed by atoms with Crippen LogP contribution in [0.2, 0.25) is 0 Å². The summed E-state index contributed by atoms with van der Waals surface area (Å²) in [6, 6.07) is 3.96. The lowest BCUT2D eigenvalue weighted by atomic mass is 9.82. The summed E-state index contributed by atoms with van der Waals surface area (Å²) in [4.78, 5) is 37.5. The van der Waals surface area contributed by atoms with Gasteiger partial charge in [0, 0.05) is 5.57 Å². The third-order valence-corrected chi connectivity index (χ3v) is 3.79. The molecular formula is C16H12O8. The van der Waals surface area contributed by atoms with E-state index in [1.807, 2.05) is 0 Å². The largest absolute Gasteiger partial charge is 0.507 e. The van der Waals surface area contributed by atoms with E-state index in [4.69, 9.17) is 9.47 Å². The topological polar surface area (TPSA) is 119 Å². The van der Waals surface area contributed by atoms with Crippen molar-refractivity contribution in [3.8, 4) is 11.5 Å². The summed E-state index contributed by atoms with van der Waals surface area (Å²) < 4.78 is 14.9. The molecule has 0 amide bonds. The first kappa shape index (κ1) is 15.6. The van der Waals surface area contributed by atoms with Crippen LogP contribution < -0.4 is 4.74 Å². The summed E-state index contributed by atoms with van der Waals surface area (Å²) in [5, 5.41) is 20.4. The van der Waals surface area contributed by atoms with Crippen LogP contribution in [0.15, 0.2) is 35.6 Å². The van der Waals surface area contributed by atoms with E-state index >= 15 is 0 Å². The van der Waals surface area contributed by atoms with Gasteiger partial charge in [-0.2, -0.15) is 0 Å². The maximum absolute atomic E-state index is 12.8. The van der Waals surface area contributed by atoms with Crippen LogP contribution in [0.3, 0.4) is 0 Å². The molecule has 0 unspecified atom stereocenters. The number of esters is 2. The molecule has 2 aliphatic rings. The fourth-order valence-corrected chi connectivity index (χ4v) is 2.66. The Morgan fingerprint density at radius 2 is 1.96 bits per heavy atom. The van der Waals surface area contributed by atoms with Crippen molar-refractivity contribution in [2.75, 3.05) is 7.11 Å². The number of hydrogen-bond donors (Lipinski definition) is 2. The van der Waals surface area contributed by atoms with Crippen LogP contribution in [0.1, 0.15) is 12.5 Å². The Kier molecular flexibility index (Phi) is 3.33. The van der Waals surface area contributed by atoms with Crippen LogP contribution >= 0.6 is 0 Å². The highest BCUT2D eigenvalue weighted by molar-refractivity contribution is 6.26. The van der Waals surface area contributed by atoms with Gasteiger partial charge in [-0.05, 0) is 19.1 Å². The van der Waals surface area contributed by atoms with Crippen molar-refractivity contribution >= 4 is 23.5 Å². The number of aliphatic hydroxyl groups excluding tert-OH is 1. The lowest BCUT2D eigenvalue weighted by Gasteiger charge is -2.34. The van der Waals surface area contributed by atoms with E-state index in [0.717, 1.165) is 13.4 Å². The normalized spacial score (nSPS) is 22.5. The fourth-order valence-electron chi connectivity index (χ4n) is 2.66. The predicted octanol–water partition coefficient (Wildman–Crippen LogP) is 0.995. The first-order chi connectivity index (χ1) is 11.3. The molecule has 3 rings (SSSR count). The van der Waals surface area contributed by atoms with Crippen molar-refractivity contribution in [2.45, 2.75) is 12.5 Å². The SMILES string of the molecule is COC(=O)[C@@]12Oc3cccc(O)c3C(O)=C1C(=O)OC=C(C)C2=O. The Morgan fingerprint density at radius 1 is 1.25 bits per heavy atom. The third-order valence-electron chi connectivity index (χ3n) is 3.79. The zero-order valence-corrected chi connectivity index (χ0v) is 12.7. The Balaban J connectivity index is 2.42. The van der Waals surface area contributed by atoms with Crippen LogP contribution in [0.4, 0.5) is 0 Å². The highest BCUT2D eigenvalue weighted by Crippen LogP contribution is 2.46. The molecule has 1 atom stereocenters. The minimum atomic E-state index is -2.55. The molecule has 0 aromatic heterocycles. The minimum absolute atomic E-state index is 0.0832. The fraction of sp³-hybridized carbons (Fsp3) is 0.188. The maximum Gasteiger partial charge on any atom is 0.363 e. The van der Waals surface area contributed by atoms with Gasteiger partial charge in [0.05, 0.1) is 7.11 Å². The summed E-state index contributed by atoms with van der Waals surface area (Å²) in [5.74, 6) is -4.63. The van der Waals surface area contributed by atoms with E-state index in [2.05, 4.69) is 4.74 Å². The number of fused-ring (bicyclic) bond motifs is 2. The molecule has 1 aromatic rings. The number of phenolic OH excluding ortho intramolecular Hbond substituents is 1. The van der Waals surface area contributed by atoms with E-state index in [-0.39, 0.29) is 16.9 Å². The van der Waals surface area contributed by atoms with Gasteiger partial charge in [0.1, 0.15) is 34.7 Å². The molecular weight excluding hydrogens is 320 g/mol. The number of aromatic hydroxyl groups is 1. The van der Waals surface area contributed by atoms with Gasteiger partial charge in [0.15, 0.2) is 0 Å². The zero-order valence-electron chi connectivity index (χ0n) is 12.7. The molecule has 8 nitrogen and oxygen atoms in total. The number of ketones is 1. The van der Waals surface area contributed by atoms with Crippen LogP contribution in [0, 0.1) is 0 Å². The number of aliphatic hydroxyl groups is 1. The molecule has 0 spiro atoms. The number of rotatable bonds is 1. The molecule has 124 valence electrons. The van der Waals surface area contributed by atoms with Gasteiger partial charge in [-0.1, -0.05) is 6.07 Å². The van der Waals surface area contributed by atoms with E-state index in [9.17, 15) is 24.6 Å². The lowest BCUT2D eigenvalue weighted by molar-refractivity contribution is -0.162. The number of benzene rings is 1. The Hall–Kier alpha value is -3.29. The van der Waals surface area contributed by atoms with Crippen molar-refractivity contribution in [3.05, 3.63) is 41.2 Å². The first-order valence-corrected chi connectivity index (χ1v) is 6.80. The van der Waals surface area contributed by atoms with Crippen molar-refractivity contribution < 1.29 is 38.8 Å². The monoisotopic (exact) mass is 332 g/mol. The van der Waals surface area contributed by atoms with Gasteiger partial charge < -0.3 is 24.4 Å². The highest BCUT2D eigenvalue weighted by atomic mass is 16.6. The average molecular weight is 332 g/mol. The number of methoxy groups -OCH3 is 1. The van der Waals surface area contributed by atoms with Crippen molar-refractivity contribution in [1.29, 1.82) is 0 Å². The molecule has 0 bridgehead atoms. The summed E-state index contributed by atoms with van der Waals surface area (Å²) in [7, 11) is 1.01. The van der Waals surface area contributed by atoms with Gasteiger partial charge in [-0.3, -0.25) is 4.79 Å². The van der Waals surface area contributed by atoms with Gasteiger partial charge in [-0.15, -0.1) is 0 Å². The first-order valence-electron chi connectivity index (χ1n) is 6.80.